The Kier molecular flexibility index (Phi) is 3.55. The Labute approximate surface area is 121 Å². The fraction of sp³-hybridized carbons (Fsp3) is 0.588. The summed E-state index contributed by atoms with van der Waals surface area (Å²) >= 11 is 0. The highest BCUT2D eigenvalue weighted by molar-refractivity contribution is 5.82. The van der Waals surface area contributed by atoms with Crippen molar-refractivity contribution in [2.24, 2.45) is 17.1 Å². The highest BCUT2D eigenvalue weighted by Crippen LogP contribution is 2.43. The lowest BCUT2D eigenvalue weighted by Gasteiger charge is -2.26. The number of nitrogens with two attached hydrogens (primary N) is 1. The van der Waals surface area contributed by atoms with Gasteiger partial charge in [-0.15, -0.1) is 0 Å². The summed E-state index contributed by atoms with van der Waals surface area (Å²) in [4.78, 5) is 0. The summed E-state index contributed by atoms with van der Waals surface area (Å²) < 4.78 is 2.12. The predicted molar refractivity (Wildman–Crippen MR) is 83.6 cm³/mol. The highest BCUT2D eigenvalue weighted by Gasteiger charge is 2.37. The second-order valence-electron chi connectivity index (χ2n) is 6.51. The molecule has 0 aliphatic heterocycles. The molecule has 0 saturated heterocycles. The minimum absolute atomic E-state index is 0.273. The quantitative estimate of drug-likeness (QED) is 0.926. The molecule has 1 heterocycles. The molecular formula is C17H25N3. The molecule has 2 unspecified atom stereocenters. The summed E-state index contributed by atoms with van der Waals surface area (Å²) in [6.45, 7) is 6.21. The van der Waals surface area contributed by atoms with Gasteiger partial charge in [0, 0.05) is 11.9 Å². The van der Waals surface area contributed by atoms with E-state index in [4.69, 9.17) is 10.8 Å². The summed E-state index contributed by atoms with van der Waals surface area (Å²) in [7, 11) is 0. The van der Waals surface area contributed by atoms with Crippen molar-refractivity contribution in [2.45, 2.75) is 46.1 Å². The first-order chi connectivity index (χ1) is 9.67. The number of benzene rings is 1. The van der Waals surface area contributed by atoms with Crippen LogP contribution in [0.4, 0.5) is 0 Å². The van der Waals surface area contributed by atoms with Crippen molar-refractivity contribution in [1.82, 2.24) is 9.78 Å². The zero-order chi connectivity index (χ0) is 14.2. The summed E-state index contributed by atoms with van der Waals surface area (Å²) in [5.74, 6) is 0.804. The number of nitrogens with zero attached hydrogens (tertiary/aromatic N) is 2. The van der Waals surface area contributed by atoms with Crippen LogP contribution in [0.3, 0.4) is 0 Å². The normalized spacial score (nSPS) is 26.4. The van der Waals surface area contributed by atoms with Gasteiger partial charge in [-0.25, -0.2) is 0 Å². The smallest absolute Gasteiger partial charge is 0.0709 e. The molecule has 108 valence electrons. The Hall–Kier alpha value is -1.35. The average molecular weight is 271 g/mol. The van der Waals surface area contributed by atoms with Crippen molar-refractivity contribution in [2.75, 3.05) is 6.54 Å². The van der Waals surface area contributed by atoms with Gasteiger partial charge in [-0.1, -0.05) is 31.5 Å². The van der Waals surface area contributed by atoms with Crippen LogP contribution in [0.15, 0.2) is 24.3 Å². The molecule has 2 atom stereocenters. The van der Waals surface area contributed by atoms with E-state index < -0.39 is 0 Å². The first kappa shape index (κ1) is 13.6. The van der Waals surface area contributed by atoms with Gasteiger partial charge in [-0.3, -0.25) is 4.68 Å². The zero-order valence-corrected chi connectivity index (χ0v) is 12.6. The first-order valence-corrected chi connectivity index (χ1v) is 7.82. The van der Waals surface area contributed by atoms with Crippen LogP contribution >= 0.6 is 0 Å². The molecule has 1 aliphatic rings. The Morgan fingerprint density at radius 3 is 2.85 bits per heavy atom. The van der Waals surface area contributed by atoms with E-state index in [9.17, 15) is 0 Å². The molecule has 0 amide bonds. The van der Waals surface area contributed by atoms with E-state index in [1.54, 1.807) is 0 Å². The van der Waals surface area contributed by atoms with E-state index in [1.165, 1.54) is 35.9 Å². The van der Waals surface area contributed by atoms with Crippen LogP contribution in [0.25, 0.3) is 10.9 Å². The van der Waals surface area contributed by atoms with Crippen LogP contribution in [0.1, 0.15) is 38.8 Å². The Morgan fingerprint density at radius 1 is 1.40 bits per heavy atom. The molecular weight excluding hydrogens is 246 g/mol. The van der Waals surface area contributed by atoms with Crippen LogP contribution in [0, 0.1) is 11.3 Å². The molecule has 0 bridgehead atoms. The number of para-hydroxylation sites is 1. The third-order valence-corrected chi connectivity index (χ3v) is 4.96. The Bertz CT molecular complexity index is 601. The maximum absolute atomic E-state index is 6.13. The van der Waals surface area contributed by atoms with Gasteiger partial charge in [0.2, 0.25) is 0 Å². The van der Waals surface area contributed by atoms with E-state index in [2.05, 4.69) is 42.8 Å². The standard InChI is InChI=1S/C17H25N3/c1-3-20-16-7-5-4-6-14(16)15(19-20)11-17(12-18)9-8-13(2)10-17/h4-7,13H,3,8-12,18H2,1-2H3. The van der Waals surface area contributed by atoms with Crippen molar-refractivity contribution in [3.05, 3.63) is 30.0 Å². The molecule has 1 aromatic heterocycles. The molecule has 0 radical (unpaired) electrons. The number of aryl methyl sites for hydroxylation is 1. The molecule has 1 fully saturated rings. The molecule has 2 N–H and O–H groups in total. The Morgan fingerprint density at radius 2 is 2.20 bits per heavy atom. The van der Waals surface area contributed by atoms with Gasteiger partial charge in [-0.2, -0.15) is 5.10 Å². The number of rotatable bonds is 4. The third-order valence-electron chi connectivity index (χ3n) is 4.96. The lowest BCUT2D eigenvalue weighted by atomic mass is 9.80. The average Bonchev–Trinajstić information content (AvgIpc) is 3.01. The maximum Gasteiger partial charge on any atom is 0.0709 e. The fourth-order valence-electron chi connectivity index (χ4n) is 3.84. The van der Waals surface area contributed by atoms with Gasteiger partial charge in [0.05, 0.1) is 11.2 Å². The van der Waals surface area contributed by atoms with Crippen molar-refractivity contribution in [3.8, 4) is 0 Å². The van der Waals surface area contributed by atoms with Crippen molar-refractivity contribution in [3.63, 3.8) is 0 Å². The maximum atomic E-state index is 6.13. The van der Waals surface area contributed by atoms with Gasteiger partial charge in [0.1, 0.15) is 0 Å². The predicted octanol–water partition coefficient (Wildman–Crippen LogP) is 3.36. The molecule has 1 saturated carbocycles. The number of hydrogen-bond acceptors (Lipinski definition) is 2. The van der Waals surface area contributed by atoms with E-state index >= 15 is 0 Å². The molecule has 0 spiro atoms. The molecule has 1 aromatic carbocycles. The summed E-state index contributed by atoms with van der Waals surface area (Å²) in [5, 5.41) is 6.16. The van der Waals surface area contributed by atoms with Crippen LogP contribution in [-0.2, 0) is 13.0 Å². The fourth-order valence-corrected chi connectivity index (χ4v) is 3.84. The van der Waals surface area contributed by atoms with Gasteiger partial charge >= 0.3 is 0 Å². The summed E-state index contributed by atoms with van der Waals surface area (Å²) in [6, 6.07) is 8.57. The molecule has 3 rings (SSSR count). The second kappa shape index (κ2) is 5.21. The number of fused-ring (bicyclic) bond motifs is 1. The van der Waals surface area contributed by atoms with Gasteiger partial charge in [0.15, 0.2) is 0 Å². The largest absolute Gasteiger partial charge is 0.330 e. The molecule has 3 nitrogen and oxygen atoms in total. The molecule has 2 aromatic rings. The number of hydrogen-bond donors (Lipinski definition) is 1. The molecule has 3 heteroatoms. The van der Waals surface area contributed by atoms with Crippen LogP contribution < -0.4 is 5.73 Å². The second-order valence-corrected chi connectivity index (χ2v) is 6.51. The lowest BCUT2D eigenvalue weighted by molar-refractivity contribution is 0.292. The Balaban J connectivity index is 1.98. The zero-order valence-electron chi connectivity index (χ0n) is 12.6. The molecule has 20 heavy (non-hydrogen) atoms. The van der Waals surface area contributed by atoms with Crippen LogP contribution in [0.2, 0.25) is 0 Å². The van der Waals surface area contributed by atoms with Gasteiger partial charge in [-0.05, 0) is 50.1 Å². The van der Waals surface area contributed by atoms with Crippen molar-refractivity contribution >= 4 is 10.9 Å². The van der Waals surface area contributed by atoms with Crippen LogP contribution in [-0.4, -0.2) is 16.3 Å². The van der Waals surface area contributed by atoms with Gasteiger partial charge < -0.3 is 5.73 Å². The minimum atomic E-state index is 0.273. The van der Waals surface area contributed by atoms with E-state index in [1.807, 2.05) is 0 Å². The van der Waals surface area contributed by atoms with E-state index in [-0.39, 0.29) is 5.41 Å². The topological polar surface area (TPSA) is 43.8 Å². The number of aromatic nitrogens is 2. The monoisotopic (exact) mass is 271 g/mol. The van der Waals surface area contributed by atoms with E-state index in [0.29, 0.717) is 0 Å². The van der Waals surface area contributed by atoms with Crippen molar-refractivity contribution < 1.29 is 0 Å². The summed E-state index contributed by atoms with van der Waals surface area (Å²) in [6.07, 6.45) is 4.83. The SMILES string of the molecule is CCn1nc(CC2(CN)CCC(C)C2)c2ccccc21. The lowest BCUT2D eigenvalue weighted by Crippen LogP contribution is -2.30. The van der Waals surface area contributed by atoms with Gasteiger partial charge in [0.25, 0.3) is 0 Å². The first-order valence-electron chi connectivity index (χ1n) is 7.82. The summed E-state index contributed by atoms with van der Waals surface area (Å²) in [5.41, 5.74) is 8.89. The van der Waals surface area contributed by atoms with Crippen LogP contribution in [0.5, 0.6) is 0 Å². The minimum Gasteiger partial charge on any atom is -0.330 e. The third kappa shape index (κ3) is 2.24. The molecule has 1 aliphatic carbocycles. The van der Waals surface area contributed by atoms with E-state index in [0.717, 1.165) is 25.4 Å². The van der Waals surface area contributed by atoms with Crippen molar-refractivity contribution in [1.29, 1.82) is 0 Å². The highest BCUT2D eigenvalue weighted by atomic mass is 15.3.